The van der Waals surface area contributed by atoms with Gasteiger partial charge >= 0.3 is 12.4 Å². The molecule has 0 bridgehead atoms. The molecule has 0 saturated heterocycles. The van der Waals surface area contributed by atoms with Crippen LogP contribution in [0, 0.1) is 5.92 Å². The van der Waals surface area contributed by atoms with E-state index in [1.165, 1.54) is 44.2 Å². The van der Waals surface area contributed by atoms with Gasteiger partial charge in [-0.25, -0.2) is 8.42 Å². The maximum atomic E-state index is 13.2. The van der Waals surface area contributed by atoms with E-state index in [1.807, 2.05) is 6.92 Å². The predicted molar refractivity (Wildman–Crippen MR) is 121 cm³/mol. The van der Waals surface area contributed by atoms with Gasteiger partial charge in [-0.15, -0.1) is 0 Å². The zero-order chi connectivity index (χ0) is 25.9. The zero-order valence-corrected chi connectivity index (χ0v) is 20.0. The summed E-state index contributed by atoms with van der Waals surface area (Å²) in [7, 11) is -4.74. The maximum absolute atomic E-state index is 13.2. The summed E-state index contributed by atoms with van der Waals surface area (Å²) in [6.45, 7) is 2.31. The minimum atomic E-state index is -5.15. The molecule has 0 unspecified atom stereocenters. The number of rotatable bonds is 8. The predicted octanol–water partition coefficient (Wildman–Crippen LogP) is 6.97. The first-order valence-corrected chi connectivity index (χ1v) is 12.9. The molecule has 0 aromatic heterocycles. The Bertz CT molecular complexity index is 1080. The Kier molecular flexibility index (Phi) is 8.41. The molecule has 1 atom stereocenters. The van der Waals surface area contributed by atoms with Crippen molar-refractivity contribution in [3.8, 4) is 0 Å². The highest BCUT2D eigenvalue weighted by Crippen LogP contribution is 2.37. The second-order valence-electron chi connectivity index (χ2n) is 9.03. The molecule has 0 heterocycles. The lowest BCUT2D eigenvalue weighted by Gasteiger charge is -2.25. The van der Waals surface area contributed by atoms with Crippen LogP contribution in [0.2, 0.25) is 0 Å². The molecule has 2 N–H and O–H groups in total. The number of anilines is 1. The van der Waals surface area contributed by atoms with Crippen molar-refractivity contribution in [2.45, 2.75) is 75.3 Å². The summed E-state index contributed by atoms with van der Waals surface area (Å²) < 4.78 is 107. The van der Waals surface area contributed by atoms with Gasteiger partial charge in [-0.3, -0.25) is 4.72 Å². The summed E-state index contributed by atoms with van der Waals surface area (Å²) in [5.41, 5.74) is -2.79. The summed E-state index contributed by atoms with van der Waals surface area (Å²) in [5, 5.41) is 3.34. The van der Waals surface area contributed by atoms with E-state index in [1.54, 1.807) is 12.1 Å². The first-order valence-electron chi connectivity index (χ1n) is 11.4. The van der Waals surface area contributed by atoms with Crippen LogP contribution in [0.5, 0.6) is 0 Å². The number of para-hydroxylation sites is 1. The Morgan fingerprint density at radius 1 is 0.914 bits per heavy atom. The lowest BCUT2D eigenvalue weighted by molar-refractivity contribution is -0.143. The van der Waals surface area contributed by atoms with E-state index >= 15 is 0 Å². The number of benzene rings is 2. The lowest BCUT2D eigenvalue weighted by atomic mass is 9.85. The molecule has 35 heavy (non-hydrogen) atoms. The van der Waals surface area contributed by atoms with E-state index in [-0.39, 0.29) is 36.5 Å². The summed E-state index contributed by atoms with van der Waals surface area (Å²) in [5.74, 6) is 0.628. The molecule has 194 valence electrons. The Hall–Kier alpha value is -2.27. The van der Waals surface area contributed by atoms with Gasteiger partial charge in [0.05, 0.1) is 21.7 Å². The van der Waals surface area contributed by atoms with Crippen molar-refractivity contribution < 1.29 is 34.8 Å². The van der Waals surface area contributed by atoms with Crippen LogP contribution in [-0.4, -0.2) is 14.5 Å². The zero-order valence-electron chi connectivity index (χ0n) is 19.1. The van der Waals surface area contributed by atoms with Gasteiger partial charge in [-0.1, -0.05) is 50.3 Å². The molecule has 0 amide bonds. The smallest absolute Gasteiger partial charge is 0.310 e. The van der Waals surface area contributed by atoms with Gasteiger partial charge in [0, 0.05) is 12.6 Å². The molecule has 0 radical (unpaired) electrons. The highest BCUT2D eigenvalue weighted by molar-refractivity contribution is 7.92. The van der Waals surface area contributed by atoms with Crippen LogP contribution < -0.4 is 10.0 Å². The van der Waals surface area contributed by atoms with Crippen molar-refractivity contribution in [3.05, 3.63) is 59.2 Å². The molecule has 0 spiro atoms. The number of sulfonamides is 1. The second kappa shape index (κ2) is 10.8. The molecule has 1 saturated carbocycles. The van der Waals surface area contributed by atoms with Crippen molar-refractivity contribution in [2.24, 2.45) is 5.92 Å². The largest absolute Gasteiger partial charge is 0.416 e. The number of hydrogen-bond acceptors (Lipinski definition) is 3. The van der Waals surface area contributed by atoms with Crippen molar-refractivity contribution in [2.75, 3.05) is 4.72 Å². The summed E-state index contributed by atoms with van der Waals surface area (Å²) in [4.78, 5) is -1.12. The topological polar surface area (TPSA) is 58.2 Å². The third-order valence-electron chi connectivity index (χ3n) is 6.19. The Labute approximate surface area is 201 Å². The second-order valence-corrected chi connectivity index (χ2v) is 10.7. The third kappa shape index (κ3) is 7.60. The highest BCUT2D eigenvalue weighted by Gasteiger charge is 2.38. The van der Waals surface area contributed by atoms with Crippen LogP contribution in [0.3, 0.4) is 0 Å². The molecule has 1 fully saturated rings. The molecular weight excluding hydrogens is 494 g/mol. The summed E-state index contributed by atoms with van der Waals surface area (Å²) in [6, 6.07) is 6.71. The van der Waals surface area contributed by atoms with Gasteiger partial charge in [0.15, 0.2) is 0 Å². The highest BCUT2D eigenvalue weighted by atomic mass is 32.2. The SMILES string of the molecule is C[C@@H](CC1CCCCC1)NCc1ccccc1NS(=O)(=O)c1cc(C(F)(F)F)cc(C(F)(F)F)c1. The normalized spacial score (nSPS) is 16.8. The van der Waals surface area contributed by atoms with Gasteiger partial charge in [0.2, 0.25) is 0 Å². The fourth-order valence-corrected chi connectivity index (χ4v) is 5.52. The molecule has 2 aromatic carbocycles. The Morgan fingerprint density at radius 3 is 2.06 bits per heavy atom. The van der Waals surface area contributed by atoms with E-state index in [9.17, 15) is 34.8 Å². The molecule has 1 aliphatic carbocycles. The third-order valence-corrected chi connectivity index (χ3v) is 7.53. The van der Waals surface area contributed by atoms with E-state index in [4.69, 9.17) is 0 Å². The van der Waals surface area contributed by atoms with E-state index in [2.05, 4.69) is 10.0 Å². The number of hydrogen-bond donors (Lipinski definition) is 2. The van der Waals surface area contributed by atoms with Crippen molar-refractivity contribution in [1.82, 2.24) is 5.32 Å². The van der Waals surface area contributed by atoms with Crippen molar-refractivity contribution in [1.29, 1.82) is 0 Å². The fourth-order valence-electron chi connectivity index (χ4n) is 4.35. The average Bonchev–Trinajstić information content (AvgIpc) is 2.77. The lowest BCUT2D eigenvalue weighted by Crippen LogP contribution is -2.29. The minimum absolute atomic E-state index is 0.0795. The van der Waals surface area contributed by atoms with E-state index in [0.717, 1.165) is 6.42 Å². The molecule has 1 aliphatic rings. The van der Waals surface area contributed by atoms with Gasteiger partial charge in [0.25, 0.3) is 10.0 Å². The molecule has 3 rings (SSSR count). The van der Waals surface area contributed by atoms with Crippen molar-refractivity contribution in [3.63, 3.8) is 0 Å². The summed E-state index contributed by atoms with van der Waals surface area (Å²) >= 11 is 0. The molecule has 11 heteroatoms. The van der Waals surface area contributed by atoms with Crippen LogP contribution in [0.4, 0.5) is 32.0 Å². The van der Waals surface area contributed by atoms with Crippen molar-refractivity contribution >= 4 is 15.7 Å². The maximum Gasteiger partial charge on any atom is 0.416 e. The standard InChI is InChI=1S/C24H28F6N2O2S/c1-16(11-17-7-3-2-4-8-17)31-15-18-9-5-6-10-22(18)32-35(33,34)21-13-19(23(25,26)27)12-20(14-21)24(28,29)30/h5-6,9-10,12-14,16-17,31-32H,2-4,7-8,11,15H2,1H3/t16-/m0/s1. The van der Waals surface area contributed by atoms with Crippen LogP contribution in [0.25, 0.3) is 0 Å². The van der Waals surface area contributed by atoms with Gasteiger partial charge < -0.3 is 5.32 Å². The van der Waals surface area contributed by atoms with Gasteiger partial charge in [-0.2, -0.15) is 26.3 Å². The number of nitrogens with one attached hydrogen (secondary N) is 2. The first-order chi connectivity index (χ1) is 16.3. The average molecular weight is 523 g/mol. The van der Waals surface area contributed by atoms with Crippen LogP contribution >= 0.6 is 0 Å². The monoisotopic (exact) mass is 522 g/mol. The molecule has 0 aliphatic heterocycles. The quantitative estimate of drug-likeness (QED) is 0.368. The van der Waals surface area contributed by atoms with E-state index < -0.39 is 38.4 Å². The number of halogens is 6. The Morgan fingerprint density at radius 2 is 1.49 bits per heavy atom. The van der Waals surface area contributed by atoms with Crippen LogP contribution in [0.15, 0.2) is 47.4 Å². The number of alkyl halides is 6. The van der Waals surface area contributed by atoms with Crippen LogP contribution in [0.1, 0.15) is 62.1 Å². The molecule has 2 aromatic rings. The molecule has 4 nitrogen and oxygen atoms in total. The first kappa shape index (κ1) is 27.3. The van der Waals surface area contributed by atoms with Gasteiger partial charge in [-0.05, 0) is 49.1 Å². The van der Waals surface area contributed by atoms with Crippen LogP contribution in [-0.2, 0) is 28.9 Å². The Balaban J connectivity index is 1.80. The fraction of sp³-hybridized carbons (Fsp3) is 0.500. The van der Waals surface area contributed by atoms with E-state index in [0.29, 0.717) is 11.5 Å². The molecular formula is C24H28F6N2O2S. The van der Waals surface area contributed by atoms with Gasteiger partial charge in [0.1, 0.15) is 0 Å². The summed E-state index contributed by atoms with van der Waals surface area (Å²) in [6.07, 6.45) is -3.29. The minimum Gasteiger partial charge on any atom is -0.310 e.